The molecule has 1 saturated heterocycles. The van der Waals surface area contributed by atoms with E-state index in [0.717, 1.165) is 11.1 Å². The van der Waals surface area contributed by atoms with Crippen LogP contribution in [0.15, 0.2) is 65.7 Å². The summed E-state index contributed by atoms with van der Waals surface area (Å²) in [7, 11) is 0. The monoisotopic (exact) mass is 483 g/mol. The Balaban J connectivity index is 1.40. The topological polar surface area (TPSA) is 80.4 Å². The number of amides is 2. The van der Waals surface area contributed by atoms with Gasteiger partial charge in [-0.2, -0.15) is 9.78 Å². The maximum atomic E-state index is 13.6. The first-order valence-electron chi connectivity index (χ1n) is 12.2. The Labute approximate surface area is 209 Å². The van der Waals surface area contributed by atoms with Crippen molar-refractivity contribution in [3.05, 3.63) is 93.5 Å². The van der Waals surface area contributed by atoms with Crippen LogP contribution in [0.1, 0.15) is 38.8 Å². The zero-order valence-electron chi connectivity index (χ0n) is 20.8. The second-order valence-corrected chi connectivity index (χ2v) is 9.20. The summed E-state index contributed by atoms with van der Waals surface area (Å²) in [6.45, 7) is 8.34. The first kappa shape index (κ1) is 23.5. The average Bonchev–Trinajstić information content (AvgIpc) is 3.25. The van der Waals surface area contributed by atoms with E-state index in [-0.39, 0.29) is 17.4 Å². The van der Waals surface area contributed by atoms with Crippen LogP contribution < -0.4 is 5.56 Å². The molecule has 3 aliphatic rings. The minimum Gasteiger partial charge on any atom is -0.353 e. The maximum absolute atomic E-state index is 13.6. The minimum absolute atomic E-state index is 0.0197. The van der Waals surface area contributed by atoms with Crippen molar-refractivity contribution in [2.24, 2.45) is 0 Å². The fourth-order valence-electron chi connectivity index (χ4n) is 4.58. The lowest BCUT2D eigenvalue weighted by Gasteiger charge is -2.35. The van der Waals surface area contributed by atoms with Gasteiger partial charge in [0, 0.05) is 50.7 Å². The number of aryl methyl sites for hydroxylation is 3. The molecule has 8 nitrogen and oxygen atoms in total. The van der Waals surface area contributed by atoms with Gasteiger partial charge in [0.05, 0.1) is 16.8 Å². The Bertz CT molecular complexity index is 1460. The van der Waals surface area contributed by atoms with Crippen molar-refractivity contribution in [3.63, 3.8) is 0 Å². The summed E-state index contributed by atoms with van der Waals surface area (Å²) in [6, 6.07) is 14.9. The molecule has 0 unspecified atom stereocenters. The number of nitrogens with zero attached hydrogens (tertiary/aromatic N) is 5. The Morgan fingerprint density at radius 3 is 2.17 bits per heavy atom. The van der Waals surface area contributed by atoms with Crippen molar-refractivity contribution in [3.8, 4) is 16.9 Å². The molecular formula is C28H29N5O3. The summed E-state index contributed by atoms with van der Waals surface area (Å²) in [4.78, 5) is 43.3. The van der Waals surface area contributed by atoms with Gasteiger partial charge in [-0.25, -0.2) is 0 Å². The van der Waals surface area contributed by atoms with Crippen LogP contribution in [-0.4, -0.2) is 62.1 Å². The molecule has 2 aromatic rings. The predicted molar refractivity (Wildman–Crippen MR) is 138 cm³/mol. The molecule has 2 amide bonds. The molecule has 5 rings (SSSR count). The van der Waals surface area contributed by atoms with E-state index in [1.54, 1.807) is 22.2 Å². The number of hydrogen-bond donors (Lipinski definition) is 0. The van der Waals surface area contributed by atoms with Crippen LogP contribution in [0.3, 0.4) is 0 Å². The van der Waals surface area contributed by atoms with Gasteiger partial charge in [-0.3, -0.25) is 14.4 Å². The van der Waals surface area contributed by atoms with Crippen molar-refractivity contribution in [1.29, 1.82) is 0 Å². The molecule has 36 heavy (non-hydrogen) atoms. The number of piperazine rings is 1. The highest BCUT2D eigenvalue weighted by molar-refractivity contribution is 6.00. The predicted octanol–water partition coefficient (Wildman–Crippen LogP) is 3.37. The maximum Gasteiger partial charge on any atom is 0.282 e. The third-order valence-electron chi connectivity index (χ3n) is 6.93. The van der Waals surface area contributed by atoms with Crippen molar-refractivity contribution >= 4 is 11.8 Å². The molecule has 0 bridgehead atoms. The first-order valence-corrected chi connectivity index (χ1v) is 12.2. The van der Waals surface area contributed by atoms with Crippen LogP contribution >= 0.6 is 0 Å². The standard InChI is InChI=1S/C28H29N5O3/c1-4-30-17-23(25-24(18-30)28(36)33(29-25)22-8-6-5-7-9-22)27(35)32-14-12-31(13-15-32)26(34)21-11-10-19(2)20(3)16-21/h5-11,16-18H,4,12-15H2,1-3H3. The van der Waals surface area contributed by atoms with Gasteiger partial charge < -0.3 is 14.4 Å². The molecule has 0 radical (unpaired) electrons. The van der Waals surface area contributed by atoms with Crippen LogP contribution in [0, 0.1) is 13.8 Å². The number of carbonyl (C=O) groups excluding carboxylic acids is 2. The molecule has 184 valence electrons. The highest BCUT2D eigenvalue weighted by Crippen LogP contribution is 2.24. The third kappa shape index (κ3) is 4.19. The van der Waals surface area contributed by atoms with Crippen LogP contribution in [0.25, 0.3) is 16.9 Å². The van der Waals surface area contributed by atoms with E-state index < -0.39 is 0 Å². The van der Waals surface area contributed by atoms with Crippen molar-refractivity contribution in [2.75, 3.05) is 26.2 Å². The number of rotatable bonds is 4. The van der Waals surface area contributed by atoms with Crippen molar-refractivity contribution < 1.29 is 9.59 Å². The van der Waals surface area contributed by atoms with Crippen LogP contribution in [0.5, 0.6) is 0 Å². The van der Waals surface area contributed by atoms with Gasteiger partial charge in [-0.15, -0.1) is 0 Å². The Hall–Kier alpha value is -4.20. The Morgan fingerprint density at radius 1 is 0.861 bits per heavy atom. The lowest BCUT2D eigenvalue weighted by atomic mass is 10.0. The minimum atomic E-state index is -0.253. The zero-order chi connectivity index (χ0) is 25.4. The second-order valence-electron chi connectivity index (χ2n) is 9.20. The lowest BCUT2D eigenvalue weighted by Crippen LogP contribution is -2.50. The number of carbonyl (C=O) groups is 2. The van der Waals surface area contributed by atoms with Crippen LogP contribution in [0.2, 0.25) is 0 Å². The fourth-order valence-corrected chi connectivity index (χ4v) is 4.58. The number of benzene rings is 2. The van der Waals surface area contributed by atoms with E-state index in [0.29, 0.717) is 60.8 Å². The Kier molecular flexibility index (Phi) is 6.18. The molecule has 0 saturated carbocycles. The normalized spacial score (nSPS) is 13.9. The molecular weight excluding hydrogens is 454 g/mol. The van der Waals surface area contributed by atoms with Gasteiger partial charge in [0.1, 0.15) is 5.69 Å². The van der Waals surface area contributed by atoms with Gasteiger partial charge in [0.15, 0.2) is 0 Å². The Morgan fingerprint density at radius 2 is 1.53 bits per heavy atom. The molecule has 0 spiro atoms. The first-order chi connectivity index (χ1) is 17.4. The smallest absolute Gasteiger partial charge is 0.282 e. The van der Waals surface area contributed by atoms with E-state index in [2.05, 4.69) is 5.10 Å². The SMILES string of the molecule is CCn1cc(C(=O)N2CCN(C(=O)c3ccc(C)c(C)c3)CC2)c2nn(-c3ccccc3)c(=O)c-2c1. The third-order valence-corrected chi connectivity index (χ3v) is 6.93. The molecule has 3 heterocycles. The molecule has 0 aliphatic carbocycles. The number of fused-ring (bicyclic) bond motifs is 1. The molecule has 0 aromatic heterocycles. The van der Waals surface area contributed by atoms with E-state index in [1.807, 2.05) is 73.9 Å². The highest BCUT2D eigenvalue weighted by Gasteiger charge is 2.30. The largest absolute Gasteiger partial charge is 0.353 e. The summed E-state index contributed by atoms with van der Waals surface area (Å²) in [5.74, 6) is -0.201. The van der Waals surface area contributed by atoms with Crippen molar-refractivity contribution in [2.45, 2.75) is 27.3 Å². The van der Waals surface area contributed by atoms with Gasteiger partial charge in [0.2, 0.25) is 0 Å². The summed E-state index contributed by atoms with van der Waals surface area (Å²) in [6.07, 6.45) is 3.51. The fraction of sp³-hybridized carbons (Fsp3) is 0.286. The second kappa shape index (κ2) is 9.45. The van der Waals surface area contributed by atoms with Crippen LogP contribution in [-0.2, 0) is 6.54 Å². The van der Waals surface area contributed by atoms with Crippen LogP contribution in [0.4, 0.5) is 0 Å². The quantitative estimate of drug-likeness (QED) is 0.446. The van der Waals surface area contributed by atoms with E-state index in [9.17, 15) is 14.4 Å². The van der Waals surface area contributed by atoms with Gasteiger partial charge in [0.25, 0.3) is 17.4 Å². The van der Waals surface area contributed by atoms with Gasteiger partial charge >= 0.3 is 0 Å². The average molecular weight is 484 g/mol. The number of hydrogen-bond acceptors (Lipinski definition) is 4. The zero-order valence-corrected chi connectivity index (χ0v) is 20.8. The summed E-state index contributed by atoms with van der Waals surface area (Å²) in [5.41, 5.74) is 4.50. The molecule has 1 fully saturated rings. The number of pyridine rings is 1. The van der Waals surface area contributed by atoms with Gasteiger partial charge in [-0.1, -0.05) is 24.3 Å². The number of para-hydroxylation sites is 1. The molecule has 0 atom stereocenters. The molecule has 0 N–H and O–H groups in total. The van der Waals surface area contributed by atoms with Gasteiger partial charge in [-0.05, 0) is 56.2 Å². The molecule has 3 aliphatic heterocycles. The van der Waals surface area contributed by atoms with E-state index >= 15 is 0 Å². The van der Waals surface area contributed by atoms with E-state index in [4.69, 9.17) is 0 Å². The summed E-state index contributed by atoms with van der Waals surface area (Å²) < 4.78 is 3.19. The molecule has 2 aromatic carbocycles. The van der Waals surface area contributed by atoms with Crippen molar-refractivity contribution in [1.82, 2.24) is 24.1 Å². The van der Waals surface area contributed by atoms with E-state index in [1.165, 1.54) is 4.68 Å². The summed E-state index contributed by atoms with van der Waals surface area (Å²) in [5, 5.41) is 4.55. The number of aromatic nitrogens is 3. The highest BCUT2D eigenvalue weighted by atomic mass is 16.2. The molecule has 8 heteroatoms. The summed E-state index contributed by atoms with van der Waals surface area (Å²) >= 11 is 0. The lowest BCUT2D eigenvalue weighted by molar-refractivity contribution is 0.0535.